The summed E-state index contributed by atoms with van der Waals surface area (Å²) >= 11 is 0. The predicted molar refractivity (Wildman–Crippen MR) is 92.1 cm³/mol. The van der Waals surface area contributed by atoms with Crippen LogP contribution in [0.15, 0.2) is 30.5 Å². The minimum atomic E-state index is -0.818. The number of carbonyl (C=O) groups is 1. The highest BCUT2D eigenvalue weighted by atomic mass is 19.1. The van der Waals surface area contributed by atoms with Crippen molar-refractivity contribution < 1.29 is 18.3 Å². The van der Waals surface area contributed by atoms with Gasteiger partial charge in [-0.15, -0.1) is 0 Å². The molecule has 0 radical (unpaired) electrons. The molecule has 26 heavy (non-hydrogen) atoms. The number of halogens is 2. The lowest BCUT2D eigenvalue weighted by Gasteiger charge is -2.08. The lowest BCUT2D eigenvalue weighted by atomic mass is 10.0. The summed E-state index contributed by atoms with van der Waals surface area (Å²) in [6, 6.07) is 5.83. The Morgan fingerprint density at radius 1 is 1.35 bits per heavy atom. The van der Waals surface area contributed by atoms with Crippen LogP contribution in [0.4, 0.5) is 8.78 Å². The molecule has 3 heterocycles. The highest BCUT2D eigenvalue weighted by Crippen LogP contribution is 2.32. The molecule has 7 heteroatoms. The van der Waals surface area contributed by atoms with Crippen molar-refractivity contribution in [2.45, 2.75) is 19.4 Å². The Kier molecular flexibility index (Phi) is 3.96. The van der Waals surface area contributed by atoms with E-state index in [2.05, 4.69) is 10.3 Å². The van der Waals surface area contributed by atoms with Crippen molar-refractivity contribution in [3.63, 3.8) is 0 Å². The van der Waals surface area contributed by atoms with Gasteiger partial charge in [-0.1, -0.05) is 0 Å². The lowest BCUT2D eigenvalue weighted by molar-refractivity contribution is 0.0962. The van der Waals surface area contributed by atoms with Crippen LogP contribution in [0.3, 0.4) is 0 Å². The van der Waals surface area contributed by atoms with Crippen LogP contribution < -0.4 is 5.32 Å². The largest absolute Gasteiger partial charge is 0.373 e. The van der Waals surface area contributed by atoms with Crippen molar-refractivity contribution in [1.82, 2.24) is 14.7 Å². The number of nitrogens with one attached hydrogen (secondary N) is 1. The number of imidazole rings is 1. The third-order valence-corrected chi connectivity index (χ3v) is 4.47. The van der Waals surface area contributed by atoms with E-state index < -0.39 is 17.5 Å². The number of aromatic nitrogens is 2. The number of hydrogen-bond acceptors (Lipinski definition) is 3. The SMILES string of the molecule is CNC(=O)c1cc(F)c(-c2nc3cc(C)ccn3c2CC2CO2)c(F)c1. The molecule has 0 aliphatic carbocycles. The summed E-state index contributed by atoms with van der Waals surface area (Å²) in [4.78, 5) is 16.2. The van der Waals surface area contributed by atoms with Crippen LogP contribution in [0.25, 0.3) is 16.9 Å². The number of hydrogen-bond donors (Lipinski definition) is 1. The van der Waals surface area contributed by atoms with Gasteiger partial charge in [-0.2, -0.15) is 0 Å². The van der Waals surface area contributed by atoms with E-state index in [0.29, 0.717) is 24.4 Å². The topological polar surface area (TPSA) is 58.9 Å². The van der Waals surface area contributed by atoms with Crippen molar-refractivity contribution in [2.24, 2.45) is 0 Å². The fourth-order valence-electron chi connectivity index (χ4n) is 3.07. The molecule has 3 aromatic rings. The number of rotatable bonds is 4. The van der Waals surface area contributed by atoms with Gasteiger partial charge in [-0.3, -0.25) is 4.79 Å². The van der Waals surface area contributed by atoms with E-state index in [4.69, 9.17) is 4.74 Å². The van der Waals surface area contributed by atoms with Crippen LogP contribution in [0.1, 0.15) is 21.6 Å². The van der Waals surface area contributed by atoms with Crippen LogP contribution in [0.5, 0.6) is 0 Å². The first-order chi connectivity index (χ1) is 12.5. The summed E-state index contributed by atoms with van der Waals surface area (Å²) in [7, 11) is 1.41. The van der Waals surface area contributed by atoms with Crippen molar-refractivity contribution in [1.29, 1.82) is 0 Å². The van der Waals surface area contributed by atoms with Gasteiger partial charge >= 0.3 is 0 Å². The average Bonchev–Trinajstić information content (AvgIpc) is 3.36. The number of aryl methyl sites for hydroxylation is 1. The van der Waals surface area contributed by atoms with E-state index >= 15 is 0 Å². The van der Waals surface area contributed by atoms with Gasteiger partial charge < -0.3 is 14.5 Å². The highest BCUT2D eigenvalue weighted by molar-refractivity contribution is 5.94. The first kappa shape index (κ1) is 16.7. The molecule has 1 aliphatic rings. The van der Waals surface area contributed by atoms with Gasteiger partial charge in [0, 0.05) is 25.2 Å². The number of pyridine rings is 1. The highest BCUT2D eigenvalue weighted by Gasteiger charge is 2.29. The summed E-state index contributed by atoms with van der Waals surface area (Å²) in [5.41, 5.74) is 2.24. The molecule has 0 spiro atoms. The van der Waals surface area contributed by atoms with Crippen molar-refractivity contribution in [2.75, 3.05) is 13.7 Å². The predicted octanol–water partition coefficient (Wildman–Crippen LogP) is 2.89. The van der Waals surface area contributed by atoms with Crippen LogP contribution >= 0.6 is 0 Å². The smallest absolute Gasteiger partial charge is 0.251 e. The molecule has 1 atom stereocenters. The number of carbonyl (C=O) groups excluding carboxylic acids is 1. The second kappa shape index (κ2) is 6.17. The molecule has 1 saturated heterocycles. The van der Waals surface area contributed by atoms with Gasteiger partial charge in [0.05, 0.1) is 29.7 Å². The molecule has 1 aliphatic heterocycles. The Labute approximate surface area is 148 Å². The molecule has 1 aromatic carbocycles. The Bertz CT molecular complexity index is 1000. The van der Waals surface area contributed by atoms with Crippen molar-refractivity contribution in [3.8, 4) is 11.3 Å². The van der Waals surface area contributed by atoms with Crippen molar-refractivity contribution in [3.05, 3.63) is 58.9 Å². The minimum Gasteiger partial charge on any atom is -0.373 e. The number of ether oxygens (including phenoxy) is 1. The zero-order valence-electron chi connectivity index (χ0n) is 14.3. The maximum atomic E-state index is 14.7. The molecule has 0 bridgehead atoms. The monoisotopic (exact) mass is 357 g/mol. The zero-order chi connectivity index (χ0) is 18.4. The van der Waals surface area contributed by atoms with Gasteiger partial charge in [0.25, 0.3) is 5.91 Å². The van der Waals surface area contributed by atoms with Gasteiger partial charge in [0.2, 0.25) is 0 Å². The Balaban J connectivity index is 1.92. The first-order valence-electron chi connectivity index (χ1n) is 8.28. The Hall–Kier alpha value is -2.80. The fourth-order valence-corrected chi connectivity index (χ4v) is 3.07. The summed E-state index contributed by atoms with van der Waals surface area (Å²) in [5.74, 6) is -2.19. The standard InChI is InChI=1S/C19H17F2N3O2/c1-10-3-4-24-15(8-12-9-26-12)18(23-16(24)5-10)17-13(20)6-11(7-14(17)21)19(25)22-2/h3-7,12H,8-9H2,1-2H3,(H,22,25). The zero-order valence-corrected chi connectivity index (χ0v) is 14.3. The van der Waals surface area contributed by atoms with E-state index in [0.717, 1.165) is 17.7 Å². The molecule has 1 fully saturated rings. The Morgan fingerprint density at radius 3 is 2.65 bits per heavy atom. The second-order valence-corrected chi connectivity index (χ2v) is 6.39. The normalized spacial score (nSPS) is 16.1. The number of nitrogens with zero attached hydrogens (tertiary/aromatic N) is 2. The van der Waals surface area contributed by atoms with E-state index in [1.165, 1.54) is 7.05 Å². The van der Waals surface area contributed by atoms with Crippen LogP contribution in [0.2, 0.25) is 0 Å². The number of fused-ring (bicyclic) bond motifs is 1. The third kappa shape index (κ3) is 2.84. The molecule has 2 aromatic heterocycles. The molecule has 0 saturated carbocycles. The Morgan fingerprint density at radius 2 is 2.04 bits per heavy atom. The quantitative estimate of drug-likeness (QED) is 0.731. The van der Waals surface area contributed by atoms with E-state index in [1.54, 1.807) is 0 Å². The molecular weight excluding hydrogens is 340 g/mol. The summed E-state index contributed by atoms with van der Waals surface area (Å²) in [5, 5.41) is 2.36. The van der Waals surface area contributed by atoms with E-state index in [1.807, 2.05) is 29.7 Å². The molecule has 134 valence electrons. The summed E-state index contributed by atoms with van der Waals surface area (Å²) in [6.45, 7) is 2.55. The number of benzene rings is 1. The lowest BCUT2D eigenvalue weighted by Crippen LogP contribution is -2.18. The number of epoxide rings is 1. The van der Waals surface area contributed by atoms with Gasteiger partial charge in [0.1, 0.15) is 17.3 Å². The minimum absolute atomic E-state index is 0.0335. The van der Waals surface area contributed by atoms with Gasteiger partial charge in [-0.05, 0) is 36.8 Å². The molecule has 1 unspecified atom stereocenters. The average molecular weight is 357 g/mol. The van der Waals surface area contributed by atoms with Crippen molar-refractivity contribution >= 4 is 11.6 Å². The fraction of sp³-hybridized carbons (Fsp3) is 0.263. The molecule has 5 nitrogen and oxygen atoms in total. The molecular formula is C19H17F2N3O2. The maximum absolute atomic E-state index is 14.7. The van der Waals surface area contributed by atoms with Crippen LogP contribution in [0, 0.1) is 18.6 Å². The maximum Gasteiger partial charge on any atom is 0.251 e. The van der Waals surface area contributed by atoms with Crippen LogP contribution in [-0.4, -0.2) is 35.1 Å². The summed E-state index contributed by atoms with van der Waals surface area (Å²) in [6.07, 6.45) is 2.38. The molecule has 1 amide bonds. The summed E-state index contributed by atoms with van der Waals surface area (Å²) < 4.78 is 36.6. The van der Waals surface area contributed by atoms with E-state index in [9.17, 15) is 13.6 Å². The van der Waals surface area contributed by atoms with Crippen LogP contribution in [-0.2, 0) is 11.2 Å². The van der Waals surface area contributed by atoms with E-state index in [-0.39, 0.29) is 22.9 Å². The third-order valence-electron chi connectivity index (χ3n) is 4.47. The second-order valence-electron chi connectivity index (χ2n) is 6.39. The van der Waals surface area contributed by atoms with Gasteiger partial charge in [-0.25, -0.2) is 13.8 Å². The first-order valence-corrected chi connectivity index (χ1v) is 8.28. The number of amides is 1. The molecule has 1 N–H and O–H groups in total. The van der Waals surface area contributed by atoms with Gasteiger partial charge in [0.15, 0.2) is 0 Å². The molecule has 4 rings (SSSR count).